The van der Waals surface area contributed by atoms with E-state index in [1.807, 2.05) is 30.3 Å². The van der Waals surface area contributed by atoms with Crippen LogP contribution >= 0.6 is 0 Å². The van der Waals surface area contributed by atoms with Crippen molar-refractivity contribution in [1.29, 1.82) is 0 Å². The van der Waals surface area contributed by atoms with Crippen LogP contribution < -0.4 is 15.2 Å². The molecule has 4 heteroatoms. The lowest BCUT2D eigenvalue weighted by atomic mass is 10.0. The largest absolute Gasteiger partial charge is 0.486 e. The molecule has 0 aliphatic carbocycles. The highest BCUT2D eigenvalue weighted by Crippen LogP contribution is 2.31. The SMILES string of the molecule is NC(Cc1ccoc1)C1COc2ccccc2O1. The van der Waals surface area contributed by atoms with Crippen molar-refractivity contribution in [3.8, 4) is 11.5 Å². The van der Waals surface area contributed by atoms with Crippen LogP contribution in [-0.2, 0) is 6.42 Å². The van der Waals surface area contributed by atoms with Crippen LogP contribution in [0.3, 0.4) is 0 Å². The van der Waals surface area contributed by atoms with Gasteiger partial charge in [0.1, 0.15) is 12.7 Å². The summed E-state index contributed by atoms with van der Waals surface area (Å²) in [5.74, 6) is 1.54. The topological polar surface area (TPSA) is 57.6 Å². The minimum atomic E-state index is -0.130. The van der Waals surface area contributed by atoms with Crippen molar-refractivity contribution in [2.45, 2.75) is 18.6 Å². The molecule has 0 saturated heterocycles. The van der Waals surface area contributed by atoms with Crippen molar-refractivity contribution in [3.63, 3.8) is 0 Å². The van der Waals surface area contributed by atoms with Crippen molar-refractivity contribution in [2.24, 2.45) is 5.73 Å². The van der Waals surface area contributed by atoms with Gasteiger partial charge in [0.25, 0.3) is 0 Å². The number of benzene rings is 1. The monoisotopic (exact) mass is 245 g/mol. The van der Waals surface area contributed by atoms with Crippen LogP contribution in [0.2, 0.25) is 0 Å². The first-order chi connectivity index (χ1) is 8.83. The zero-order valence-corrected chi connectivity index (χ0v) is 9.91. The van der Waals surface area contributed by atoms with Crippen LogP contribution in [0.15, 0.2) is 47.3 Å². The quantitative estimate of drug-likeness (QED) is 0.898. The summed E-state index contributed by atoms with van der Waals surface area (Å²) < 4.78 is 16.5. The Balaban J connectivity index is 1.68. The van der Waals surface area contributed by atoms with Gasteiger partial charge in [0.05, 0.1) is 12.5 Å². The smallest absolute Gasteiger partial charge is 0.161 e. The Labute approximate surface area is 105 Å². The van der Waals surface area contributed by atoms with Gasteiger partial charge in [-0.1, -0.05) is 12.1 Å². The summed E-state index contributed by atoms with van der Waals surface area (Å²) in [6.45, 7) is 0.482. The molecule has 0 bridgehead atoms. The second kappa shape index (κ2) is 4.74. The molecule has 2 atom stereocenters. The number of hydrogen-bond acceptors (Lipinski definition) is 4. The highest BCUT2D eigenvalue weighted by molar-refractivity contribution is 5.40. The molecule has 1 aromatic heterocycles. The van der Waals surface area contributed by atoms with Gasteiger partial charge in [-0.3, -0.25) is 0 Å². The molecule has 0 saturated carbocycles. The molecule has 4 nitrogen and oxygen atoms in total. The summed E-state index contributed by atoms with van der Waals surface area (Å²) in [7, 11) is 0. The van der Waals surface area contributed by atoms with E-state index in [9.17, 15) is 0 Å². The first-order valence-electron chi connectivity index (χ1n) is 5.98. The molecule has 2 unspecified atom stereocenters. The van der Waals surface area contributed by atoms with Crippen LogP contribution in [0.25, 0.3) is 0 Å². The maximum absolute atomic E-state index is 6.15. The van der Waals surface area contributed by atoms with Gasteiger partial charge >= 0.3 is 0 Å². The molecule has 2 heterocycles. The fourth-order valence-electron chi connectivity index (χ4n) is 2.06. The Hall–Kier alpha value is -1.94. The summed E-state index contributed by atoms with van der Waals surface area (Å²) in [5, 5.41) is 0. The van der Waals surface area contributed by atoms with Crippen LogP contribution in [0.5, 0.6) is 11.5 Å². The summed E-state index contributed by atoms with van der Waals surface area (Å²) >= 11 is 0. The maximum atomic E-state index is 6.15. The number of fused-ring (bicyclic) bond motifs is 1. The zero-order valence-electron chi connectivity index (χ0n) is 9.91. The lowest BCUT2D eigenvalue weighted by Crippen LogP contribution is -2.46. The van der Waals surface area contributed by atoms with Crippen molar-refractivity contribution in [3.05, 3.63) is 48.4 Å². The van der Waals surface area contributed by atoms with Crippen molar-refractivity contribution in [1.82, 2.24) is 0 Å². The highest BCUT2D eigenvalue weighted by Gasteiger charge is 2.26. The third kappa shape index (κ3) is 2.19. The normalized spacial score (nSPS) is 19.5. The van der Waals surface area contributed by atoms with E-state index in [1.54, 1.807) is 12.5 Å². The molecule has 2 N–H and O–H groups in total. The lowest BCUT2D eigenvalue weighted by Gasteiger charge is -2.30. The van der Waals surface area contributed by atoms with Crippen molar-refractivity contribution >= 4 is 0 Å². The van der Waals surface area contributed by atoms with E-state index in [-0.39, 0.29) is 12.1 Å². The summed E-state index contributed by atoms with van der Waals surface area (Å²) in [6.07, 6.45) is 3.94. The van der Waals surface area contributed by atoms with Crippen molar-refractivity contribution in [2.75, 3.05) is 6.61 Å². The van der Waals surface area contributed by atoms with Gasteiger partial charge in [0, 0.05) is 6.04 Å². The van der Waals surface area contributed by atoms with Crippen LogP contribution in [0.1, 0.15) is 5.56 Å². The average Bonchev–Trinajstić information content (AvgIpc) is 2.91. The number of rotatable bonds is 3. The lowest BCUT2D eigenvalue weighted by molar-refractivity contribution is 0.0722. The number of para-hydroxylation sites is 2. The van der Waals surface area contributed by atoms with E-state index in [0.29, 0.717) is 13.0 Å². The van der Waals surface area contributed by atoms with E-state index in [4.69, 9.17) is 19.6 Å². The van der Waals surface area contributed by atoms with Gasteiger partial charge in [-0.15, -0.1) is 0 Å². The highest BCUT2D eigenvalue weighted by atomic mass is 16.6. The van der Waals surface area contributed by atoms with E-state index in [2.05, 4.69) is 0 Å². The van der Waals surface area contributed by atoms with E-state index >= 15 is 0 Å². The Bertz CT molecular complexity index is 510. The molecule has 0 spiro atoms. The minimum absolute atomic E-state index is 0.115. The predicted octanol–water partition coefficient (Wildman–Crippen LogP) is 1.99. The number of ether oxygens (including phenoxy) is 2. The average molecular weight is 245 g/mol. The molecule has 2 aromatic rings. The first-order valence-corrected chi connectivity index (χ1v) is 5.98. The number of furan rings is 1. The standard InChI is InChI=1S/C14H15NO3/c15-11(7-10-5-6-16-8-10)14-9-17-12-3-1-2-4-13(12)18-14/h1-6,8,11,14H,7,9,15H2. The van der Waals surface area contributed by atoms with E-state index < -0.39 is 0 Å². The Kier molecular flexibility index (Phi) is 2.94. The Morgan fingerprint density at radius 3 is 2.83 bits per heavy atom. The molecule has 1 aliphatic rings. The second-order valence-corrected chi connectivity index (χ2v) is 4.41. The zero-order chi connectivity index (χ0) is 12.4. The summed E-state index contributed by atoms with van der Waals surface area (Å²) in [4.78, 5) is 0. The molecule has 1 aliphatic heterocycles. The minimum Gasteiger partial charge on any atom is -0.486 e. The third-order valence-electron chi connectivity index (χ3n) is 3.06. The van der Waals surface area contributed by atoms with Gasteiger partial charge < -0.3 is 19.6 Å². The molecular formula is C14H15NO3. The fraction of sp³-hybridized carbons (Fsp3) is 0.286. The van der Waals surface area contributed by atoms with Gasteiger partial charge in [-0.05, 0) is 30.2 Å². The third-order valence-corrected chi connectivity index (χ3v) is 3.06. The molecule has 3 rings (SSSR count). The number of hydrogen-bond donors (Lipinski definition) is 1. The Morgan fingerprint density at radius 2 is 2.06 bits per heavy atom. The first kappa shape index (κ1) is 11.2. The Morgan fingerprint density at radius 1 is 1.22 bits per heavy atom. The molecule has 94 valence electrons. The molecule has 0 amide bonds. The second-order valence-electron chi connectivity index (χ2n) is 4.41. The molecule has 18 heavy (non-hydrogen) atoms. The van der Waals surface area contributed by atoms with Crippen LogP contribution in [0, 0.1) is 0 Å². The van der Waals surface area contributed by atoms with Crippen molar-refractivity contribution < 1.29 is 13.9 Å². The number of nitrogens with two attached hydrogens (primary N) is 1. The fourth-order valence-corrected chi connectivity index (χ4v) is 2.06. The molecule has 0 radical (unpaired) electrons. The summed E-state index contributed by atoms with van der Waals surface area (Å²) in [6, 6.07) is 9.44. The van der Waals surface area contributed by atoms with Crippen LogP contribution in [-0.4, -0.2) is 18.8 Å². The van der Waals surface area contributed by atoms with Gasteiger partial charge in [-0.25, -0.2) is 0 Å². The van der Waals surface area contributed by atoms with Crippen LogP contribution in [0.4, 0.5) is 0 Å². The summed E-state index contributed by atoms with van der Waals surface area (Å²) in [5.41, 5.74) is 7.22. The molecular weight excluding hydrogens is 230 g/mol. The van der Waals surface area contributed by atoms with Gasteiger partial charge in [0.15, 0.2) is 11.5 Å². The molecule has 1 aromatic carbocycles. The van der Waals surface area contributed by atoms with Gasteiger partial charge in [-0.2, -0.15) is 0 Å². The van der Waals surface area contributed by atoms with E-state index in [1.165, 1.54) is 0 Å². The predicted molar refractivity (Wildman–Crippen MR) is 66.7 cm³/mol. The van der Waals surface area contributed by atoms with Gasteiger partial charge in [0.2, 0.25) is 0 Å². The molecule has 0 fully saturated rings. The maximum Gasteiger partial charge on any atom is 0.161 e. The van der Waals surface area contributed by atoms with E-state index in [0.717, 1.165) is 17.1 Å².